The summed E-state index contributed by atoms with van der Waals surface area (Å²) in [7, 11) is 1.56. The van der Waals surface area contributed by atoms with Gasteiger partial charge in [0.2, 0.25) is 0 Å². The first-order valence-corrected chi connectivity index (χ1v) is 13.4. The van der Waals surface area contributed by atoms with E-state index < -0.39 is 46.8 Å². The summed E-state index contributed by atoms with van der Waals surface area (Å²) in [4.78, 5) is 29.8. The third kappa shape index (κ3) is 3.69. The summed E-state index contributed by atoms with van der Waals surface area (Å²) in [6.45, 7) is 4.92. The summed E-state index contributed by atoms with van der Waals surface area (Å²) in [5.41, 5.74) is -1.45. The first kappa shape index (κ1) is 27.1. The number of halogens is 3. The van der Waals surface area contributed by atoms with Crippen LogP contribution in [0.15, 0.2) is 49.1 Å². The lowest BCUT2D eigenvalue weighted by molar-refractivity contribution is -0.605. The number of hydrogen-bond donors (Lipinski definition) is 1. The van der Waals surface area contributed by atoms with Gasteiger partial charge >= 0.3 is 6.18 Å². The molecule has 2 aromatic rings. The van der Waals surface area contributed by atoms with Crippen LogP contribution in [0.2, 0.25) is 0 Å². The number of amides is 1. The fraction of sp³-hybridized carbons (Fsp3) is 0.433. The van der Waals surface area contributed by atoms with E-state index in [0.717, 1.165) is 17.7 Å². The predicted octanol–water partition coefficient (Wildman–Crippen LogP) is 3.91. The molecule has 4 aliphatic rings. The molecule has 2 bridgehead atoms. The van der Waals surface area contributed by atoms with Crippen molar-refractivity contribution in [2.75, 3.05) is 20.1 Å². The Labute approximate surface area is 234 Å². The molecule has 5 atom stereocenters. The molecule has 8 nitrogen and oxygen atoms in total. The van der Waals surface area contributed by atoms with Gasteiger partial charge in [0.1, 0.15) is 11.5 Å². The molecule has 1 saturated heterocycles. The summed E-state index contributed by atoms with van der Waals surface area (Å²) in [5, 5.41) is 23.9. The van der Waals surface area contributed by atoms with Gasteiger partial charge in [-0.1, -0.05) is 18.1 Å². The summed E-state index contributed by atoms with van der Waals surface area (Å²) < 4.78 is 45.1. The quantitative estimate of drug-likeness (QED) is 0.261. The number of likely N-dealkylation sites (tertiary alicyclic amines) is 1. The first-order chi connectivity index (χ1) is 19.5. The van der Waals surface area contributed by atoms with Gasteiger partial charge in [0.05, 0.1) is 17.6 Å². The predicted molar refractivity (Wildman–Crippen MR) is 142 cm³/mol. The number of alkyl halides is 3. The van der Waals surface area contributed by atoms with E-state index >= 15 is 0 Å². The maximum Gasteiger partial charge on any atom is 0.416 e. The molecule has 2 aliphatic heterocycles. The highest BCUT2D eigenvalue weighted by Gasteiger charge is 2.80. The molecule has 41 heavy (non-hydrogen) atoms. The fourth-order valence-electron chi connectivity index (χ4n) is 7.87. The molecule has 1 spiro atoms. The molecule has 0 aromatic heterocycles. The Morgan fingerprint density at radius 2 is 2.02 bits per heavy atom. The molecule has 2 fully saturated rings. The molecule has 11 heteroatoms. The van der Waals surface area contributed by atoms with Gasteiger partial charge in [-0.05, 0) is 55.2 Å². The molecule has 214 valence electrons. The number of hydrogen-bond acceptors (Lipinski definition) is 6. The number of aromatic hydroxyl groups is 1. The van der Waals surface area contributed by atoms with Crippen LogP contribution in [0, 0.1) is 22.0 Å². The van der Waals surface area contributed by atoms with Crippen LogP contribution in [0.4, 0.5) is 13.2 Å². The zero-order chi connectivity index (χ0) is 29.3. The zero-order valence-corrected chi connectivity index (χ0v) is 22.3. The number of carbonyl (C=O) groups is 1. The minimum Gasteiger partial charge on any atom is -0.504 e. The van der Waals surface area contributed by atoms with E-state index in [1.54, 1.807) is 19.2 Å². The number of piperidine rings is 1. The van der Waals surface area contributed by atoms with Crippen LogP contribution in [0.25, 0.3) is 0 Å². The Morgan fingerprint density at radius 3 is 2.68 bits per heavy atom. The molecule has 0 radical (unpaired) electrons. The number of phenols is 1. The first-order valence-electron chi connectivity index (χ1n) is 13.4. The Morgan fingerprint density at radius 1 is 1.29 bits per heavy atom. The van der Waals surface area contributed by atoms with E-state index in [9.17, 15) is 33.2 Å². The molecule has 6 rings (SSSR count). The Hall–Kier alpha value is -4.04. The SMILES string of the molecule is C=CCN1CC[C@]23c4c5ccc(O)c4O[C@H]2[C@H](N(C)C(=O)C#Cc2ccc(C(F)(F)F)cc2)CC[C@@]3([N+](=O)[O-])[C@H]1C5. The van der Waals surface area contributed by atoms with E-state index in [-0.39, 0.29) is 34.8 Å². The minimum absolute atomic E-state index is 0.0911. The molecule has 1 N–H and O–H groups in total. The van der Waals surface area contributed by atoms with Crippen molar-refractivity contribution >= 4 is 5.91 Å². The maximum atomic E-state index is 13.3. The Bertz CT molecular complexity index is 1510. The Kier molecular flexibility index (Phi) is 6.12. The highest BCUT2D eigenvalue weighted by atomic mass is 19.4. The van der Waals surface area contributed by atoms with Crippen LogP contribution < -0.4 is 4.74 Å². The van der Waals surface area contributed by atoms with E-state index in [1.165, 1.54) is 17.0 Å². The maximum absolute atomic E-state index is 13.3. The number of carbonyl (C=O) groups excluding carboxylic acids is 1. The lowest BCUT2D eigenvalue weighted by Crippen LogP contribution is -2.80. The highest BCUT2D eigenvalue weighted by molar-refractivity contribution is 5.94. The average molecular weight is 568 g/mol. The van der Waals surface area contributed by atoms with Gasteiger partial charge in [-0.3, -0.25) is 19.8 Å². The van der Waals surface area contributed by atoms with Crippen molar-refractivity contribution < 1.29 is 32.7 Å². The molecule has 2 aromatic carbocycles. The standard InChI is InChI=1S/C30H28F3N3O5/c1-3-15-35-16-14-28-25-19-7-10-22(37)26(25)41-27(28)21(12-13-29(28,36(39)40)23(35)17-19)34(2)24(38)11-6-18-4-8-20(9-5-18)30(31,32)33/h3-5,7-10,21,23,27,37H,1,12-17H2,2H3/t21-,23-,27+,28+,29-/m1/s1. The number of rotatable bonds is 4. The summed E-state index contributed by atoms with van der Waals surface area (Å²) in [5.74, 6) is 4.72. The third-order valence-electron chi connectivity index (χ3n) is 9.57. The topological polar surface area (TPSA) is 96.2 Å². The summed E-state index contributed by atoms with van der Waals surface area (Å²) in [6.07, 6.45) is -2.20. The molecule has 0 unspecified atom stereocenters. The Balaban J connectivity index is 1.38. The minimum atomic E-state index is -4.48. The number of nitrogens with zero attached hydrogens (tertiary/aromatic N) is 3. The monoisotopic (exact) mass is 567 g/mol. The second-order valence-electron chi connectivity index (χ2n) is 11.2. The lowest BCUT2D eigenvalue weighted by Gasteiger charge is -2.61. The lowest BCUT2D eigenvalue weighted by atomic mass is 9.46. The van der Waals surface area contributed by atoms with Crippen molar-refractivity contribution in [2.45, 2.75) is 61.0 Å². The van der Waals surface area contributed by atoms with Crippen molar-refractivity contribution in [3.63, 3.8) is 0 Å². The van der Waals surface area contributed by atoms with Gasteiger partial charge in [0, 0.05) is 48.5 Å². The van der Waals surface area contributed by atoms with E-state index in [4.69, 9.17) is 4.74 Å². The van der Waals surface area contributed by atoms with Gasteiger partial charge in [-0.15, -0.1) is 6.58 Å². The average Bonchev–Trinajstić information content (AvgIpc) is 3.29. The van der Waals surface area contributed by atoms with E-state index in [1.807, 2.05) is 6.07 Å². The normalized spacial score (nSPS) is 29.4. The number of benzene rings is 2. The molecule has 2 heterocycles. The van der Waals surface area contributed by atoms with Crippen molar-refractivity contribution in [1.29, 1.82) is 0 Å². The molecule has 1 amide bonds. The van der Waals surface area contributed by atoms with E-state index in [2.05, 4.69) is 23.3 Å². The number of phenolic OH excluding ortho intramolecular Hbond substituents is 1. The van der Waals surface area contributed by atoms with Crippen LogP contribution in [0.5, 0.6) is 11.5 Å². The molecular formula is C30H28F3N3O5. The molecule has 1 saturated carbocycles. The smallest absolute Gasteiger partial charge is 0.416 e. The van der Waals surface area contributed by atoms with Crippen molar-refractivity contribution in [3.8, 4) is 23.3 Å². The molecule has 2 aliphatic carbocycles. The highest BCUT2D eigenvalue weighted by Crippen LogP contribution is 2.66. The van der Waals surface area contributed by atoms with Crippen LogP contribution in [-0.4, -0.2) is 69.6 Å². The van der Waals surface area contributed by atoms with Crippen molar-refractivity contribution in [2.24, 2.45) is 0 Å². The zero-order valence-electron chi connectivity index (χ0n) is 22.3. The second-order valence-corrected chi connectivity index (χ2v) is 11.2. The summed E-state index contributed by atoms with van der Waals surface area (Å²) in [6, 6.07) is 6.57. The van der Waals surface area contributed by atoms with Gasteiger partial charge < -0.3 is 14.7 Å². The van der Waals surface area contributed by atoms with E-state index in [0.29, 0.717) is 31.5 Å². The van der Waals surface area contributed by atoms with Crippen LogP contribution >= 0.6 is 0 Å². The van der Waals surface area contributed by atoms with Gasteiger partial charge in [-0.25, -0.2) is 0 Å². The van der Waals surface area contributed by atoms with Crippen LogP contribution in [0.1, 0.15) is 41.5 Å². The fourth-order valence-corrected chi connectivity index (χ4v) is 7.87. The van der Waals surface area contributed by atoms with Crippen LogP contribution in [-0.2, 0) is 22.8 Å². The van der Waals surface area contributed by atoms with Crippen molar-refractivity contribution in [1.82, 2.24) is 9.80 Å². The second kappa shape index (κ2) is 9.24. The van der Waals surface area contributed by atoms with Gasteiger partial charge in [0.15, 0.2) is 11.5 Å². The summed E-state index contributed by atoms with van der Waals surface area (Å²) >= 11 is 0. The van der Waals surface area contributed by atoms with Crippen molar-refractivity contribution in [3.05, 3.63) is 81.4 Å². The van der Waals surface area contributed by atoms with Gasteiger partial charge in [0.25, 0.3) is 11.4 Å². The largest absolute Gasteiger partial charge is 0.504 e. The molecular weight excluding hydrogens is 539 g/mol. The third-order valence-corrected chi connectivity index (χ3v) is 9.57. The van der Waals surface area contributed by atoms with Crippen LogP contribution in [0.3, 0.4) is 0 Å². The number of nitro groups is 1. The van der Waals surface area contributed by atoms with Gasteiger partial charge in [-0.2, -0.15) is 13.2 Å². The number of likely N-dealkylation sites (N-methyl/N-ethyl adjacent to an activating group) is 1. The number of ether oxygens (including phenoxy) is 1.